The standard InChI is InChI=1S/C22H36F5OP/c1-5-9-13-29(14-10-6-2,15-11-7-3,16-12-8-4)28-22-20(26)18(24)17(23)19(25)21(22)27/h5-16H2,1-4H3. The number of hydrogen-bond acceptors (Lipinski definition) is 1. The van der Waals surface area contributed by atoms with E-state index in [1.54, 1.807) is 0 Å². The van der Waals surface area contributed by atoms with Gasteiger partial charge in [0.2, 0.25) is 0 Å². The average molecular weight is 442 g/mol. The van der Waals surface area contributed by atoms with Gasteiger partial charge in [-0.25, -0.2) is 0 Å². The first-order valence-corrected chi connectivity index (χ1v) is 13.8. The van der Waals surface area contributed by atoms with Gasteiger partial charge in [-0.15, -0.1) is 0 Å². The van der Waals surface area contributed by atoms with Crippen LogP contribution in [0.5, 0.6) is 5.75 Å². The number of halogens is 5. The molecule has 0 aliphatic carbocycles. The van der Waals surface area contributed by atoms with Crippen molar-refractivity contribution in [2.75, 3.05) is 24.6 Å². The van der Waals surface area contributed by atoms with Crippen molar-refractivity contribution in [2.45, 2.75) is 79.1 Å². The molecule has 29 heavy (non-hydrogen) atoms. The van der Waals surface area contributed by atoms with E-state index < -0.39 is 41.7 Å². The Labute approximate surface area is 172 Å². The molecule has 0 fully saturated rings. The molecule has 0 spiro atoms. The summed E-state index contributed by atoms with van der Waals surface area (Å²) in [5, 5.41) is 0. The summed E-state index contributed by atoms with van der Waals surface area (Å²) in [5.74, 6) is -10.8. The molecule has 1 aromatic carbocycles. The van der Waals surface area contributed by atoms with Gasteiger partial charge in [0.1, 0.15) is 0 Å². The second kappa shape index (κ2) is 11.5. The van der Waals surface area contributed by atoms with Gasteiger partial charge in [-0.3, -0.25) is 0 Å². The topological polar surface area (TPSA) is 9.23 Å². The van der Waals surface area contributed by atoms with E-state index in [0.717, 1.165) is 51.4 Å². The van der Waals surface area contributed by atoms with Gasteiger partial charge in [-0.1, -0.05) is 0 Å². The molecule has 0 N–H and O–H groups in total. The van der Waals surface area contributed by atoms with Crippen molar-refractivity contribution in [3.05, 3.63) is 29.1 Å². The summed E-state index contributed by atoms with van der Waals surface area (Å²) in [7, 11) is 0. The molecule has 170 valence electrons. The first-order chi connectivity index (χ1) is 13.7. The second-order valence-electron chi connectivity index (χ2n) is 8.16. The number of benzene rings is 1. The molecule has 0 saturated carbocycles. The maximum absolute atomic E-state index is 14.6. The van der Waals surface area contributed by atoms with Crippen molar-refractivity contribution in [3.63, 3.8) is 0 Å². The SMILES string of the molecule is CCCCP(CCCC)(CCCC)(CCCC)Oc1c(F)c(F)c(F)c(F)c1F. The van der Waals surface area contributed by atoms with Crippen LogP contribution >= 0.6 is 6.83 Å². The quantitative estimate of drug-likeness (QED) is 0.122. The Morgan fingerprint density at radius 2 is 0.793 bits per heavy atom. The third-order valence-corrected chi connectivity index (χ3v) is 12.3. The molecule has 0 aromatic heterocycles. The zero-order valence-electron chi connectivity index (χ0n) is 18.2. The zero-order chi connectivity index (χ0) is 22.1. The van der Waals surface area contributed by atoms with E-state index in [1.807, 2.05) is 27.7 Å². The van der Waals surface area contributed by atoms with Crippen LogP contribution in [-0.2, 0) is 0 Å². The second-order valence-corrected chi connectivity index (χ2v) is 13.8. The van der Waals surface area contributed by atoms with E-state index in [-0.39, 0.29) is 0 Å². The monoisotopic (exact) mass is 442 g/mol. The summed E-state index contributed by atoms with van der Waals surface area (Å²) < 4.78 is 76.7. The molecule has 0 radical (unpaired) electrons. The van der Waals surface area contributed by atoms with Gasteiger partial charge >= 0.3 is 172 Å². The molecule has 1 rings (SSSR count). The van der Waals surface area contributed by atoms with Gasteiger partial charge in [0.05, 0.1) is 0 Å². The third kappa shape index (κ3) is 6.06. The van der Waals surface area contributed by atoms with E-state index in [4.69, 9.17) is 4.52 Å². The summed E-state index contributed by atoms with van der Waals surface area (Å²) in [6, 6.07) is 0. The minimum absolute atomic E-state index is 0.654. The molecular formula is C22H36F5OP. The van der Waals surface area contributed by atoms with Crippen molar-refractivity contribution < 1.29 is 26.5 Å². The van der Waals surface area contributed by atoms with Crippen LogP contribution in [0.1, 0.15) is 79.1 Å². The Morgan fingerprint density at radius 1 is 0.517 bits per heavy atom. The van der Waals surface area contributed by atoms with Gasteiger partial charge < -0.3 is 0 Å². The van der Waals surface area contributed by atoms with Crippen LogP contribution in [0, 0.1) is 29.1 Å². The van der Waals surface area contributed by atoms with Crippen LogP contribution in [0.2, 0.25) is 0 Å². The van der Waals surface area contributed by atoms with Gasteiger partial charge in [0.15, 0.2) is 0 Å². The predicted molar refractivity (Wildman–Crippen MR) is 113 cm³/mol. The Morgan fingerprint density at radius 3 is 1.07 bits per heavy atom. The number of rotatable bonds is 14. The van der Waals surface area contributed by atoms with Crippen molar-refractivity contribution in [1.82, 2.24) is 0 Å². The molecule has 0 atom stereocenters. The van der Waals surface area contributed by atoms with Crippen LogP contribution in [0.25, 0.3) is 0 Å². The Balaban J connectivity index is 3.68. The number of unbranched alkanes of at least 4 members (excludes halogenated alkanes) is 4. The Bertz CT molecular complexity index is 593. The first-order valence-electron chi connectivity index (χ1n) is 10.9. The molecule has 1 nitrogen and oxygen atoms in total. The van der Waals surface area contributed by atoms with Crippen molar-refractivity contribution in [3.8, 4) is 5.75 Å². The summed E-state index contributed by atoms with van der Waals surface area (Å²) in [4.78, 5) is 0. The fourth-order valence-electron chi connectivity index (χ4n) is 4.01. The van der Waals surface area contributed by atoms with Gasteiger partial charge in [0, 0.05) is 0 Å². The summed E-state index contributed by atoms with van der Waals surface area (Å²) >= 11 is 0. The predicted octanol–water partition coefficient (Wildman–Crippen LogP) is 8.43. The fourth-order valence-corrected chi connectivity index (χ4v) is 10.9. The van der Waals surface area contributed by atoms with Crippen LogP contribution in [0.15, 0.2) is 0 Å². The van der Waals surface area contributed by atoms with Gasteiger partial charge in [-0.2, -0.15) is 0 Å². The summed E-state index contributed by atoms with van der Waals surface area (Å²) in [6.45, 7) is 4.89. The van der Waals surface area contributed by atoms with E-state index in [0.29, 0.717) is 24.6 Å². The molecule has 0 aliphatic heterocycles. The maximum atomic E-state index is 14.6. The molecule has 0 heterocycles. The third-order valence-electron chi connectivity index (χ3n) is 5.83. The molecule has 1 aromatic rings. The Kier molecular flexibility index (Phi) is 10.3. The minimum atomic E-state index is -3.23. The zero-order valence-corrected chi connectivity index (χ0v) is 19.1. The van der Waals surface area contributed by atoms with Crippen molar-refractivity contribution in [1.29, 1.82) is 0 Å². The van der Waals surface area contributed by atoms with Crippen LogP contribution in [0.4, 0.5) is 22.0 Å². The van der Waals surface area contributed by atoms with Crippen LogP contribution in [-0.4, -0.2) is 24.6 Å². The summed E-state index contributed by atoms with van der Waals surface area (Å²) in [6.07, 6.45) is 9.37. The van der Waals surface area contributed by atoms with E-state index in [9.17, 15) is 22.0 Å². The van der Waals surface area contributed by atoms with Crippen LogP contribution < -0.4 is 4.52 Å². The molecule has 0 aliphatic rings. The molecule has 0 saturated heterocycles. The van der Waals surface area contributed by atoms with E-state index >= 15 is 0 Å². The van der Waals surface area contributed by atoms with Gasteiger partial charge in [0.25, 0.3) is 0 Å². The van der Waals surface area contributed by atoms with Crippen molar-refractivity contribution >= 4 is 6.83 Å². The van der Waals surface area contributed by atoms with E-state index in [2.05, 4.69) is 0 Å². The molecule has 0 amide bonds. The van der Waals surface area contributed by atoms with Gasteiger partial charge in [-0.05, 0) is 0 Å². The summed E-state index contributed by atoms with van der Waals surface area (Å²) in [5.41, 5.74) is 0. The molecule has 0 unspecified atom stereocenters. The fraction of sp³-hybridized carbons (Fsp3) is 0.727. The molecule has 7 heteroatoms. The molecular weight excluding hydrogens is 406 g/mol. The number of hydrogen-bond donors (Lipinski definition) is 0. The average Bonchev–Trinajstić information content (AvgIpc) is 2.74. The Hall–Kier alpha value is -0.900. The normalized spacial score (nSPS) is 13.3. The van der Waals surface area contributed by atoms with Crippen LogP contribution in [0.3, 0.4) is 0 Å². The van der Waals surface area contributed by atoms with E-state index in [1.165, 1.54) is 0 Å². The molecule has 0 bridgehead atoms. The first kappa shape index (κ1) is 26.1. The van der Waals surface area contributed by atoms with Crippen molar-refractivity contribution in [2.24, 2.45) is 0 Å².